The molecule has 0 spiro atoms. The van der Waals surface area contributed by atoms with Crippen LogP contribution in [0.2, 0.25) is 0 Å². The number of hydrogen-bond acceptors (Lipinski definition) is 7. The zero-order valence-electron chi connectivity index (χ0n) is 18.0. The van der Waals surface area contributed by atoms with Crippen molar-refractivity contribution in [3.63, 3.8) is 0 Å². The first kappa shape index (κ1) is 21.2. The lowest BCUT2D eigenvalue weighted by atomic mass is 10.1. The molecule has 4 atom stereocenters. The molecular formula is C25H22N2O6. The summed E-state index contributed by atoms with van der Waals surface area (Å²) in [4.78, 5) is 24.7. The number of aromatic nitrogens is 1. The Balaban J connectivity index is 1.52. The first-order chi connectivity index (χ1) is 16.1. The maximum Gasteiger partial charge on any atom is 0.303 e. The fourth-order valence-corrected chi connectivity index (χ4v) is 4.52. The Morgan fingerprint density at radius 2 is 1.73 bits per heavy atom. The number of pyridine rings is 1. The average molecular weight is 446 g/mol. The van der Waals surface area contributed by atoms with Crippen LogP contribution in [0.25, 0.3) is 10.9 Å². The van der Waals surface area contributed by atoms with E-state index in [1.165, 1.54) is 6.92 Å². The third-order valence-electron chi connectivity index (χ3n) is 5.97. The molecule has 8 nitrogen and oxygen atoms in total. The molecule has 33 heavy (non-hydrogen) atoms. The summed E-state index contributed by atoms with van der Waals surface area (Å²) in [5.74, 6) is -0.187. The first-order valence-corrected chi connectivity index (χ1v) is 10.7. The summed E-state index contributed by atoms with van der Waals surface area (Å²) < 4.78 is 24.7. The number of esters is 1. The molecule has 0 amide bonds. The number of carbonyl (C=O) groups excluding carboxylic acids is 1. The van der Waals surface area contributed by atoms with E-state index in [0.29, 0.717) is 17.4 Å². The highest BCUT2D eigenvalue weighted by atomic mass is 16.7. The molecule has 2 fully saturated rings. The molecule has 0 saturated carbocycles. The molecule has 0 aliphatic carbocycles. The molecular weight excluding hydrogens is 424 g/mol. The summed E-state index contributed by atoms with van der Waals surface area (Å²) in [6.45, 7) is 2.07. The Bertz CT molecular complexity index is 1300. The van der Waals surface area contributed by atoms with Crippen molar-refractivity contribution in [1.29, 1.82) is 5.26 Å². The topological polar surface area (TPSA) is 99.8 Å². The number of benzene rings is 2. The number of nitrogens with zero attached hydrogens (tertiary/aromatic N) is 2. The minimum absolute atomic E-state index is 0.0670. The summed E-state index contributed by atoms with van der Waals surface area (Å²) >= 11 is 0. The van der Waals surface area contributed by atoms with E-state index in [1.54, 1.807) is 4.57 Å². The molecule has 5 rings (SSSR count). The van der Waals surface area contributed by atoms with Gasteiger partial charge < -0.3 is 23.5 Å². The smallest absolute Gasteiger partial charge is 0.303 e. The van der Waals surface area contributed by atoms with Crippen LogP contribution < -0.4 is 10.3 Å². The van der Waals surface area contributed by atoms with Crippen LogP contribution in [-0.2, 0) is 25.5 Å². The van der Waals surface area contributed by atoms with Crippen LogP contribution in [-0.4, -0.2) is 48.2 Å². The molecule has 3 aromatic rings. The van der Waals surface area contributed by atoms with Crippen molar-refractivity contribution in [1.82, 2.24) is 4.57 Å². The number of nitriles is 1. The molecule has 168 valence electrons. The summed E-state index contributed by atoms with van der Waals surface area (Å²) in [6.07, 6.45) is -1.97. The highest BCUT2D eigenvalue weighted by Crippen LogP contribution is 2.35. The van der Waals surface area contributed by atoms with Gasteiger partial charge in [-0.05, 0) is 17.7 Å². The van der Waals surface area contributed by atoms with E-state index in [-0.39, 0.29) is 24.5 Å². The second kappa shape index (κ2) is 8.70. The molecule has 0 radical (unpaired) electrons. The monoisotopic (exact) mass is 446 g/mol. The average Bonchev–Trinajstić information content (AvgIpc) is 3.40. The van der Waals surface area contributed by atoms with E-state index in [9.17, 15) is 14.9 Å². The van der Waals surface area contributed by atoms with Gasteiger partial charge in [0.2, 0.25) is 0 Å². The summed E-state index contributed by atoms with van der Waals surface area (Å²) in [6, 6.07) is 19.0. The van der Waals surface area contributed by atoms with Crippen LogP contribution in [0, 0.1) is 11.3 Å². The van der Waals surface area contributed by atoms with Gasteiger partial charge in [-0.15, -0.1) is 0 Å². The van der Waals surface area contributed by atoms with Crippen LogP contribution in [0.1, 0.15) is 18.1 Å². The molecule has 1 aromatic heterocycles. The quantitative estimate of drug-likeness (QED) is 0.555. The molecule has 2 aromatic carbocycles. The standard InChI is InChI=1S/C25H22N2O6/c1-15(28)32-20-13-30-24-21(14-31-23(20)24)33-22-17-9-5-6-10-19(17)27(25(29)18(22)11-26)12-16-7-3-2-4-8-16/h2-10,20-21,23-24H,12-14H2,1H3/t20-,21-,23+,24+/m0/s1. The predicted molar refractivity (Wildman–Crippen MR) is 118 cm³/mol. The van der Waals surface area contributed by atoms with Crippen LogP contribution in [0.3, 0.4) is 0 Å². The van der Waals surface area contributed by atoms with E-state index in [4.69, 9.17) is 18.9 Å². The van der Waals surface area contributed by atoms with Gasteiger partial charge in [0.15, 0.2) is 23.5 Å². The van der Waals surface area contributed by atoms with E-state index in [2.05, 4.69) is 0 Å². The molecule has 2 aliphatic heterocycles. The normalized spacial score (nSPS) is 23.8. The van der Waals surface area contributed by atoms with Crippen LogP contribution in [0.4, 0.5) is 0 Å². The van der Waals surface area contributed by atoms with Crippen molar-refractivity contribution in [2.24, 2.45) is 0 Å². The van der Waals surface area contributed by atoms with Crippen molar-refractivity contribution in [3.05, 3.63) is 76.1 Å². The molecule has 0 unspecified atom stereocenters. The van der Waals surface area contributed by atoms with Crippen LogP contribution >= 0.6 is 0 Å². The van der Waals surface area contributed by atoms with Crippen molar-refractivity contribution in [3.8, 4) is 11.8 Å². The Hall–Kier alpha value is -3.67. The van der Waals surface area contributed by atoms with E-state index in [1.807, 2.05) is 60.7 Å². The Morgan fingerprint density at radius 1 is 1.06 bits per heavy atom. The molecule has 2 saturated heterocycles. The Kier molecular flexibility index (Phi) is 5.58. The van der Waals surface area contributed by atoms with Gasteiger partial charge in [-0.25, -0.2) is 0 Å². The van der Waals surface area contributed by atoms with Crippen molar-refractivity contribution >= 4 is 16.9 Å². The maximum atomic E-state index is 13.4. The SMILES string of the molecule is CC(=O)O[C@H]1CO[C@H]2[C@@H]1OC[C@@H]2Oc1c(C#N)c(=O)n(Cc2ccccc2)c2ccccc12. The van der Waals surface area contributed by atoms with Gasteiger partial charge in [-0.1, -0.05) is 42.5 Å². The second-order valence-electron chi connectivity index (χ2n) is 8.11. The fourth-order valence-electron chi connectivity index (χ4n) is 4.52. The van der Waals surface area contributed by atoms with Crippen molar-refractivity contribution in [2.75, 3.05) is 13.2 Å². The van der Waals surface area contributed by atoms with Gasteiger partial charge in [0.1, 0.15) is 18.3 Å². The third-order valence-corrected chi connectivity index (χ3v) is 5.97. The van der Waals surface area contributed by atoms with Gasteiger partial charge in [0.25, 0.3) is 5.56 Å². The Morgan fingerprint density at radius 3 is 2.45 bits per heavy atom. The predicted octanol–water partition coefficient (Wildman–Crippen LogP) is 2.40. The van der Waals surface area contributed by atoms with Crippen LogP contribution in [0.5, 0.6) is 5.75 Å². The lowest BCUT2D eigenvalue weighted by Gasteiger charge is -2.21. The van der Waals surface area contributed by atoms with Crippen molar-refractivity contribution < 1.29 is 23.7 Å². The zero-order valence-corrected chi connectivity index (χ0v) is 18.0. The van der Waals surface area contributed by atoms with Gasteiger partial charge in [0, 0.05) is 12.3 Å². The summed E-state index contributed by atoms with van der Waals surface area (Å²) in [7, 11) is 0. The van der Waals surface area contributed by atoms with E-state index in [0.717, 1.165) is 5.56 Å². The van der Waals surface area contributed by atoms with Gasteiger partial charge in [-0.2, -0.15) is 5.26 Å². The first-order valence-electron chi connectivity index (χ1n) is 10.7. The Labute approximate surface area is 189 Å². The van der Waals surface area contributed by atoms with Gasteiger partial charge in [-0.3, -0.25) is 9.59 Å². The number of rotatable bonds is 5. The number of ether oxygens (including phenoxy) is 4. The molecule has 2 aliphatic rings. The fraction of sp³-hybridized carbons (Fsp3) is 0.320. The second-order valence-corrected chi connectivity index (χ2v) is 8.11. The summed E-state index contributed by atoms with van der Waals surface area (Å²) in [5.41, 5.74) is 1.13. The molecule has 8 heteroatoms. The third kappa shape index (κ3) is 3.86. The van der Waals surface area contributed by atoms with E-state index >= 15 is 0 Å². The maximum absolute atomic E-state index is 13.4. The molecule has 0 bridgehead atoms. The number of fused-ring (bicyclic) bond motifs is 2. The summed E-state index contributed by atoms with van der Waals surface area (Å²) in [5, 5.41) is 10.5. The molecule has 3 heterocycles. The minimum atomic E-state index is -0.546. The minimum Gasteiger partial charge on any atom is -0.483 e. The van der Waals surface area contributed by atoms with Crippen molar-refractivity contribution in [2.45, 2.75) is 37.9 Å². The largest absolute Gasteiger partial charge is 0.483 e. The number of carbonyl (C=O) groups is 1. The van der Waals surface area contributed by atoms with E-state index < -0.39 is 35.9 Å². The lowest BCUT2D eigenvalue weighted by Crippen LogP contribution is -2.36. The number of para-hydroxylation sites is 1. The zero-order chi connectivity index (χ0) is 22.9. The van der Waals surface area contributed by atoms with Crippen LogP contribution in [0.15, 0.2) is 59.4 Å². The highest BCUT2D eigenvalue weighted by molar-refractivity contribution is 5.87. The lowest BCUT2D eigenvalue weighted by molar-refractivity contribution is -0.150. The van der Waals surface area contributed by atoms with Gasteiger partial charge in [0.05, 0.1) is 25.3 Å². The van der Waals surface area contributed by atoms with Gasteiger partial charge >= 0.3 is 5.97 Å². The molecule has 0 N–H and O–H groups in total. The number of hydrogen-bond donors (Lipinski definition) is 0. The highest BCUT2D eigenvalue weighted by Gasteiger charge is 2.50.